The lowest BCUT2D eigenvalue weighted by atomic mass is 10.2. The number of nitrogens with zero attached hydrogens (tertiary/aromatic N) is 1. The molecule has 0 fully saturated rings. The number of nitro benzene ring substituents is 1. The number of nitrogens with one attached hydrogen (secondary N) is 2. The van der Waals surface area contributed by atoms with Crippen LogP contribution < -0.4 is 10.6 Å². The van der Waals surface area contributed by atoms with Crippen molar-refractivity contribution >= 4 is 68.0 Å². The molecule has 10 heteroatoms. The second-order valence-corrected chi connectivity index (χ2v) is 8.19. The molecule has 0 unspecified atom stereocenters. The van der Waals surface area contributed by atoms with E-state index in [4.69, 9.17) is 34.8 Å². The first kappa shape index (κ1) is 19.8. The summed E-state index contributed by atoms with van der Waals surface area (Å²) in [6.45, 7) is 0. The molecule has 2 aromatic rings. The summed E-state index contributed by atoms with van der Waals surface area (Å²) >= 11 is 21.1. The maximum atomic E-state index is 12.3. The molecule has 2 rings (SSSR count). The van der Waals surface area contributed by atoms with E-state index in [2.05, 4.69) is 26.6 Å². The lowest BCUT2D eigenvalue weighted by Crippen LogP contribution is -2.49. The van der Waals surface area contributed by atoms with Gasteiger partial charge in [0.1, 0.15) is 6.17 Å². The van der Waals surface area contributed by atoms with E-state index >= 15 is 0 Å². The van der Waals surface area contributed by atoms with Crippen LogP contribution in [0.1, 0.15) is 10.4 Å². The number of halogens is 4. The summed E-state index contributed by atoms with van der Waals surface area (Å²) in [6, 6.07) is 12.1. The fourth-order valence-corrected chi connectivity index (χ4v) is 2.45. The first-order valence-electron chi connectivity index (χ1n) is 6.81. The molecule has 1 atom stereocenters. The monoisotopic (exact) mass is 465 g/mol. The highest BCUT2D eigenvalue weighted by Crippen LogP contribution is 2.31. The van der Waals surface area contributed by atoms with Gasteiger partial charge in [-0.05, 0) is 36.4 Å². The van der Waals surface area contributed by atoms with Crippen molar-refractivity contribution in [1.29, 1.82) is 0 Å². The Kier molecular flexibility index (Phi) is 6.51. The van der Waals surface area contributed by atoms with Crippen molar-refractivity contribution in [3.8, 4) is 0 Å². The van der Waals surface area contributed by atoms with E-state index in [1.807, 2.05) is 0 Å². The fraction of sp³-hybridized carbons (Fsp3) is 0.133. The van der Waals surface area contributed by atoms with Crippen LogP contribution in [-0.2, 0) is 0 Å². The molecule has 0 bridgehead atoms. The zero-order chi connectivity index (χ0) is 18.6. The summed E-state index contributed by atoms with van der Waals surface area (Å²) in [6.07, 6.45) is -1.03. The third-order valence-electron chi connectivity index (χ3n) is 3.10. The number of carbonyl (C=O) groups is 1. The Morgan fingerprint density at radius 2 is 1.64 bits per heavy atom. The van der Waals surface area contributed by atoms with E-state index < -0.39 is 20.8 Å². The molecule has 0 radical (unpaired) electrons. The molecular formula is C15H11BrCl3N3O3. The zero-order valence-corrected chi connectivity index (χ0v) is 16.2. The predicted molar refractivity (Wildman–Crippen MR) is 102 cm³/mol. The number of rotatable bonds is 5. The van der Waals surface area contributed by atoms with Gasteiger partial charge >= 0.3 is 0 Å². The van der Waals surface area contributed by atoms with Crippen molar-refractivity contribution in [3.63, 3.8) is 0 Å². The van der Waals surface area contributed by atoms with Gasteiger partial charge in [0, 0.05) is 27.9 Å². The molecule has 0 aromatic heterocycles. The SMILES string of the molecule is O=C(N[C@H](Nc1ccc(Br)cc1)C(Cl)(Cl)Cl)c1ccc([N+](=O)[O-])cc1. The maximum absolute atomic E-state index is 12.3. The topological polar surface area (TPSA) is 84.3 Å². The van der Waals surface area contributed by atoms with Crippen LogP contribution >= 0.6 is 50.7 Å². The van der Waals surface area contributed by atoms with E-state index in [0.717, 1.165) is 4.47 Å². The fourth-order valence-electron chi connectivity index (χ4n) is 1.86. The van der Waals surface area contributed by atoms with Crippen LogP contribution in [-0.4, -0.2) is 20.8 Å². The van der Waals surface area contributed by atoms with Gasteiger partial charge in [-0.15, -0.1) is 0 Å². The van der Waals surface area contributed by atoms with Crippen LogP contribution in [0.3, 0.4) is 0 Å². The average molecular weight is 468 g/mol. The van der Waals surface area contributed by atoms with Gasteiger partial charge in [-0.1, -0.05) is 50.7 Å². The minimum Gasteiger partial charge on any atom is -0.362 e. The van der Waals surface area contributed by atoms with Crippen molar-refractivity contribution < 1.29 is 9.72 Å². The first-order valence-corrected chi connectivity index (χ1v) is 8.73. The number of alkyl halides is 3. The minimum atomic E-state index is -1.83. The molecule has 2 aromatic carbocycles. The zero-order valence-electron chi connectivity index (χ0n) is 12.4. The Labute approximate surface area is 166 Å². The summed E-state index contributed by atoms with van der Waals surface area (Å²) < 4.78 is -0.956. The molecule has 1 amide bonds. The molecule has 132 valence electrons. The normalized spacial score (nSPS) is 12.3. The van der Waals surface area contributed by atoms with Gasteiger partial charge in [0.25, 0.3) is 11.6 Å². The number of hydrogen-bond donors (Lipinski definition) is 2. The van der Waals surface area contributed by atoms with Crippen molar-refractivity contribution in [1.82, 2.24) is 5.32 Å². The number of non-ortho nitro benzene ring substituents is 1. The second kappa shape index (κ2) is 8.23. The lowest BCUT2D eigenvalue weighted by Gasteiger charge is -2.27. The van der Waals surface area contributed by atoms with Crippen LogP contribution in [0.25, 0.3) is 0 Å². The quantitative estimate of drug-likeness (QED) is 0.284. The van der Waals surface area contributed by atoms with Crippen molar-refractivity contribution in [2.75, 3.05) is 5.32 Å². The highest BCUT2D eigenvalue weighted by atomic mass is 79.9. The van der Waals surface area contributed by atoms with E-state index in [-0.39, 0.29) is 11.3 Å². The predicted octanol–water partition coefficient (Wildman–Crippen LogP) is 4.90. The van der Waals surface area contributed by atoms with Gasteiger partial charge in [0.15, 0.2) is 0 Å². The van der Waals surface area contributed by atoms with Crippen LogP contribution in [0.5, 0.6) is 0 Å². The lowest BCUT2D eigenvalue weighted by molar-refractivity contribution is -0.384. The van der Waals surface area contributed by atoms with E-state index in [0.29, 0.717) is 5.69 Å². The Morgan fingerprint density at radius 3 is 2.12 bits per heavy atom. The van der Waals surface area contributed by atoms with Crippen molar-refractivity contribution in [3.05, 3.63) is 68.7 Å². The third-order valence-corrected chi connectivity index (χ3v) is 4.28. The van der Waals surface area contributed by atoms with Crippen LogP contribution in [0.4, 0.5) is 11.4 Å². The number of benzene rings is 2. The summed E-state index contributed by atoms with van der Waals surface area (Å²) in [4.78, 5) is 22.4. The van der Waals surface area contributed by atoms with E-state index in [1.54, 1.807) is 24.3 Å². The van der Waals surface area contributed by atoms with Gasteiger partial charge in [-0.25, -0.2) is 0 Å². The molecule has 25 heavy (non-hydrogen) atoms. The van der Waals surface area contributed by atoms with Gasteiger partial charge in [-0.3, -0.25) is 14.9 Å². The Bertz CT molecular complexity index is 764. The van der Waals surface area contributed by atoms with Crippen molar-refractivity contribution in [2.45, 2.75) is 9.96 Å². The number of anilines is 1. The summed E-state index contributed by atoms with van der Waals surface area (Å²) in [5.41, 5.74) is 0.702. The Morgan fingerprint density at radius 1 is 1.08 bits per heavy atom. The number of carbonyl (C=O) groups excluding carboxylic acids is 1. The number of hydrogen-bond acceptors (Lipinski definition) is 4. The molecule has 0 saturated carbocycles. The minimum absolute atomic E-state index is 0.123. The molecule has 0 aliphatic rings. The molecule has 0 aliphatic heterocycles. The van der Waals surface area contributed by atoms with E-state index in [9.17, 15) is 14.9 Å². The molecule has 2 N–H and O–H groups in total. The third kappa shape index (κ3) is 5.74. The van der Waals surface area contributed by atoms with Crippen LogP contribution in [0.2, 0.25) is 0 Å². The average Bonchev–Trinajstić information content (AvgIpc) is 2.55. The van der Waals surface area contributed by atoms with Gasteiger partial charge in [0.05, 0.1) is 4.92 Å². The summed E-state index contributed by atoms with van der Waals surface area (Å²) in [5.74, 6) is -0.546. The standard InChI is InChI=1S/C15H11BrCl3N3O3/c16-10-3-5-11(6-4-10)20-14(15(17,18)19)21-13(23)9-1-7-12(8-2-9)22(24)25/h1-8,14,20H,(H,21,23)/t14-/m0/s1. The van der Waals surface area contributed by atoms with Crippen LogP contribution in [0.15, 0.2) is 53.0 Å². The van der Waals surface area contributed by atoms with Gasteiger partial charge in [0.2, 0.25) is 3.79 Å². The Hall–Kier alpha value is -1.54. The van der Waals surface area contributed by atoms with Gasteiger partial charge < -0.3 is 10.6 Å². The number of nitro groups is 1. The summed E-state index contributed by atoms with van der Waals surface area (Å²) in [7, 11) is 0. The summed E-state index contributed by atoms with van der Waals surface area (Å²) in [5, 5.41) is 16.1. The number of amides is 1. The molecular weight excluding hydrogens is 456 g/mol. The highest BCUT2D eigenvalue weighted by molar-refractivity contribution is 9.10. The largest absolute Gasteiger partial charge is 0.362 e. The van der Waals surface area contributed by atoms with Gasteiger partial charge in [-0.2, -0.15) is 0 Å². The smallest absolute Gasteiger partial charge is 0.269 e. The highest BCUT2D eigenvalue weighted by Gasteiger charge is 2.34. The van der Waals surface area contributed by atoms with Crippen LogP contribution in [0, 0.1) is 10.1 Å². The second-order valence-electron chi connectivity index (χ2n) is 4.90. The Balaban J connectivity index is 2.14. The molecule has 0 heterocycles. The molecule has 0 spiro atoms. The molecule has 6 nitrogen and oxygen atoms in total. The van der Waals surface area contributed by atoms with E-state index in [1.165, 1.54) is 24.3 Å². The molecule has 0 saturated heterocycles. The first-order chi connectivity index (χ1) is 11.7. The maximum Gasteiger partial charge on any atom is 0.269 e. The van der Waals surface area contributed by atoms with Crippen molar-refractivity contribution in [2.24, 2.45) is 0 Å². The molecule has 0 aliphatic carbocycles.